The van der Waals surface area contributed by atoms with Crippen LogP contribution in [0.5, 0.6) is 5.75 Å². The van der Waals surface area contributed by atoms with Gasteiger partial charge in [-0.1, -0.05) is 17.7 Å². The van der Waals surface area contributed by atoms with Gasteiger partial charge >= 0.3 is 5.97 Å². The smallest absolute Gasteiger partial charge is 0.305 e. The van der Waals surface area contributed by atoms with Gasteiger partial charge in [0, 0.05) is 19.1 Å². The molecule has 5 nitrogen and oxygen atoms in total. The van der Waals surface area contributed by atoms with E-state index in [1.54, 1.807) is 7.11 Å². The van der Waals surface area contributed by atoms with Crippen LogP contribution in [0.1, 0.15) is 12.0 Å². The van der Waals surface area contributed by atoms with E-state index in [-0.39, 0.29) is 12.5 Å². The first-order chi connectivity index (χ1) is 9.60. The molecule has 0 aliphatic carbocycles. The maximum atomic E-state index is 10.9. The number of carboxylic acid groups (broad SMARTS) is 1. The number of carboxylic acids is 1. The number of methoxy groups -OCH3 is 1. The fraction of sp³-hybridized carbons (Fsp3) is 0.500. The highest BCUT2D eigenvalue weighted by Crippen LogP contribution is 2.26. The summed E-state index contributed by atoms with van der Waals surface area (Å²) in [6, 6.07) is 5.53. The maximum absolute atomic E-state index is 10.9. The summed E-state index contributed by atoms with van der Waals surface area (Å²) in [7, 11) is 1.58. The lowest BCUT2D eigenvalue weighted by atomic mass is 10.1. The second-order valence-corrected chi connectivity index (χ2v) is 5.17. The van der Waals surface area contributed by atoms with Crippen LogP contribution in [0.25, 0.3) is 0 Å². The Morgan fingerprint density at radius 3 is 3.05 bits per heavy atom. The van der Waals surface area contributed by atoms with Crippen molar-refractivity contribution in [1.82, 2.24) is 4.90 Å². The normalized spacial score (nSPS) is 19.8. The monoisotopic (exact) mass is 299 g/mol. The molecule has 1 aromatic carbocycles. The third kappa shape index (κ3) is 3.85. The van der Waals surface area contributed by atoms with Crippen molar-refractivity contribution in [2.45, 2.75) is 19.0 Å². The zero-order chi connectivity index (χ0) is 14.5. The third-order valence-electron chi connectivity index (χ3n) is 3.36. The number of carbonyl (C=O) groups is 1. The molecule has 1 heterocycles. The van der Waals surface area contributed by atoms with Crippen molar-refractivity contribution in [3.63, 3.8) is 0 Å². The van der Waals surface area contributed by atoms with Crippen LogP contribution >= 0.6 is 11.6 Å². The Bertz CT molecular complexity index is 480. The van der Waals surface area contributed by atoms with Crippen molar-refractivity contribution in [2.75, 3.05) is 26.9 Å². The average molecular weight is 300 g/mol. The first-order valence-electron chi connectivity index (χ1n) is 6.46. The molecule has 0 aromatic heterocycles. The van der Waals surface area contributed by atoms with Crippen LogP contribution in [0, 0.1) is 0 Å². The number of ether oxygens (including phenoxy) is 2. The summed E-state index contributed by atoms with van der Waals surface area (Å²) in [5.74, 6) is -0.169. The number of rotatable bonds is 5. The summed E-state index contributed by atoms with van der Waals surface area (Å²) in [5, 5.41) is 9.51. The van der Waals surface area contributed by atoms with Crippen molar-refractivity contribution < 1.29 is 19.4 Å². The van der Waals surface area contributed by atoms with Gasteiger partial charge in [-0.3, -0.25) is 9.69 Å². The highest BCUT2D eigenvalue weighted by Gasteiger charge is 2.25. The van der Waals surface area contributed by atoms with E-state index in [9.17, 15) is 4.79 Å². The van der Waals surface area contributed by atoms with E-state index in [0.29, 0.717) is 30.5 Å². The predicted octanol–water partition coefficient (Wildman–Crippen LogP) is 2.02. The minimum atomic E-state index is -0.807. The van der Waals surface area contributed by atoms with Gasteiger partial charge in [-0.15, -0.1) is 0 Å². The van der Waals surface area contributed by atoms with E-state index in [2.05, 4.69) is 4.90 Å². The van der Waals surface area contributed by atoms with Crippen molar-refractivity contribution in [2.24, 2.45) is 0 Å². The van der Waals surface area contributed by atoms with Crippen LogP contribution < -0.4 is 4.74 Å². The van der Waals surface area contributed by atoms with Crippen LogP contribution in [0.15, 0.2) is 18.2 Å². The number of morpholine rings is 1. The molecule has 0 amide bonds. The summed E-state index contributed by atoms with van der Waals surface area (Å²) in [4.78, 5) is 13.0. The summed E-state index contributed by atoms with van der Waals surface area (Å²) < 4.78 is 10.5. The number of benzene rings is 1. The van der Waals surface area contributed by atoms with Crippen LogP contribution in [-0.4, -0.2) is 48.9 Å². The molecule has 1 aromatic rings. The van der Waals surface area contributed by atoms with Gasteiger partial charge in [0.1, 0.15) is 5.75 Å². The zero-order valence-electron chi connectivity index (χ0n) is 11.3. The Kier molecular flexibility index (Phi) is 5.23. The molecular weight excluding hydrogens is 282 g/mol. The number of aliphatic carboxylic acids is 1. The molecular formula is C14H18ClNO4. The fourth-order valence-corrected chi connectivity index (χ4v) is 2.61. The molecule has 1 atom stereocenters. The number of hydrogen-bond acceptors (Lipinski definition) is 4. The van der Waals surface area contributed by atoms with E-state index in [4.69, 9.17) is 26.2 Å². The Hall–Kier alpha value is -1.30. The molecule has 1 aliphatic rings. The highest BCUT2D eigenvalue weighted by atomic mass is 35.5. The molecule has 1 fully saturated rings. The van der Waals surface area contributed by atoms with Gasteiger partial charge in [0.05, 0.1) is 31.8 Å². The number of nitrogens with zero attached hydrogens (tertiary/aromatic N) is 1. The Labute approximate surface area is 123 Å². The largest absolute Gasteiger partial charge is 0.495 e. The van der Waals surface area contributed by atoms with Gasteiger partial charge in [-0.25, -0.2) is 0 Å². The van der Waals surface area contributed by atoms with Gasteiger partial charge in [0.15, 0.2) is 0 Å². The van der Waals surface area contributed by atoms with E-state index < -0.39 is 5.97 Å². The molecule has 0 spiro atoms. The number of halogens is 1. The lowest BCUT2D eigenvalue weighted by molar-refractivity contribution is -0.140. The van der Waals surface area contributed by atoms with Crippen LogP contribution in [0.4, 0.5) is 0 Å². The van der Waals surface area contributed by atoms with E-state index in [0.717, 1.165) is 12.1 Å². The molecule has 20 heavy (non-hydrogen) atoms. The minimum Gasteiger partial charge on any atom is -0.495 e. The van der Waals surface area contributed by atoms with E-state index in [1.807, 2.05) is 18.2 Å². The summed E-state index contributed by atoms with van der Waals surface area (Å²) in [6.45, 7) is 2.46. The molecule has 110 valence electrons. The molecule has 0 bridgehead atoms. The second kappa shape index (κ2) is 6.92. The fourth-order valence-electron chi connectivity index (χ4n) is 2.33. The van der Waals surface area contributed by atoms with Gasteiger partial charge in [0.2, 0.25) is 0 Å². The average Bonchev–Trinajstić information content (AvgIpc) is 2.41. The predicted molar refractivity (Wildman–Crippen MR) is 75.3 cm³/mol. The van der Waals surface area contributed by atoms with Gasteiger partial charge < -0.3 is 14.6 Å². The highest BCUT2D eigenvalue weighted by molar-refractivity contribution is 6.32. The summed E-state index contributed by atoms with van der Waals surface area (Å²) in [5.41, 5.74) is 1.04. The standard InChI is InChI=1S/C14H18ClNO4/c1-19-13-3-2-10(6-12(13)15)8-16-4-5-20-9-11(16)7-14(17)18/h2-3,6,11H,4-5,7-9H2,1H3,(H,17,18). The number of hydrogen-bond donors (Lipinski definition) is 1. The Balaban J connectivity index is 2.06. The third-order valence-corrected chi connectivity index (χ3v) is 3.66. The van der Waals surface area contributed by atoms with Crippen molar-refractivity contribution in [3.8, 4) is 5.75 Å². The molecule has 1 aliphatic heterocycles. The van der Waals surface area contributed by atoms with Crippen LogP contribution in [0.2, 0.25) is 5.02 Å². The quantitative estimate of drug-likeness (QED) is 0.901. The van der Waals surface area contributed by atoms with Gasteiger partial charge in [0.25, 0.3) is 0 Å². The molecule has 0 saturated carbocycles. The van der Waals surface area contributed by atoms with E-state index >= 15 is 0 Å². The molecule has 1 unspecified atom stereocenters. The summed E-state index contributed by atoms with van der Waals surface area (Å²) in [6.07, 6.45) is 0.0872. The lowest BCUT2D eigenvalue weighted by Gasteiger charge is -2.34. The van der Waals surface area contributed by atoms with Crippen LogP contribution in [0.3, 0.4) is 0 Å². The minimum absolute atomic E-state index is 0.0872. The second-order valence-electron chi connectivity index (χ2n) is 4.77. The van der Waals surface area contributed by atoms with Crippen molar-refractivity contribution in [1.29, 1.82) is 0 Å². The molecule has 0 radical (unpaired) electrons. The molecule has 1 N–H and O–H groups in total. The first kappa shape index (κ1) is 15.1. The Morgan fingerprint density at radius 2 is 2.40 bits per heavy atom. The van der Waals surface area contributed by atoms with Crippen molar-refractivity contribution >= 4 is 17.6 Å². The Morgan fingerprint density at radius 1 is 1.60 bits per heavy atom. The SMILES string of the molecule is COc1ccc(CN2CCOCC2CC(=O)O)cc1Cl. The lowest BCUT2D eigenvalue weighted by Crippen LogP contribution is -2.45. The zero-order valence-corrected chi connectivity index (χ0v) is 12.1. The van der Waals surface area contributed by atoms with E-state index in [1.165, 1.54) is 0 Å². The summed E-state index contributed by atoms with van der Waals surface area (Å²) >= 11 is 6.11. The molecule has 2 rings (SSSR count). The van der Waals surface area contributed by atoms with Gasteiger partial charge in [-0.2, -0.15) is 0 Å². The van der Waals surface area contributed by atoms with Crippen LogP contribution in [-0.2, 0) is 16.1 Å². The van der Waals surface area contributed by atoms with Gasteiger partial charge in [-0.05, 0) is 17.7 Å². The molecule has 1 saturated heterocycles. The molecule has 6 heteroatoms. The van der Waals surface area contributed by atoms with Crippen molar-refractivity contribution in [3.05, 3.63) is 28.8 Å². The topological polar surface area (TPSA) is 59.0 Å². The first-order valence-corrected chi connectivity index (χ1v) is 6.84. The maximum Gasteiger partial charge on any atom is 0.305 e.